The van der Waals surface area contributed by atoms with E-state index in [9.17, 15) is 9.90 Å². The summed E-state index contributed by atoms with van der Waals surface area (Å²) >= 11 is 1.50. The van der Waals surface area contributed by atoms with E-state index in [2.05, 4.69) is 20.0 Å². The number of amides is 1. The van der Waals surface area contributed by atoms with Gasteiger partial charge in [0.15, 0.2) is 0 Å². The number of ether oxygens (including phenoxy) is 1. The average molecular weight is 303 g/mol. The van der Waals surface area contributed by atoms with Crippen molar-refractivity contribution in [2.75, 3.05) is 12.4 Å². The number of fused-ring (bicyclic) bond motifs is 1. The zero-order valence-electron chi connectivity index (χ0n) is 11.2. The van der Waals surface area contributed by atoms with Crippen molar-refractivity contribution in [1.82, 2.24) is 9.97 Å². The van der Waals surface area contributed by atoms with Gasteiger partial charge in [-0.15, -0.1) is 11.3 Å². The molecule has 1 aromatic carbocycles. The quantitative estimate of drug-likeness (QED) is 0.694. The molecule has 0 bridgehead atoms. The summed E-state index contributed by atoms with van der Waals surface area (Å²) in [4.78, 5) is 19.2. The van der Waals surface area contributed by atoms with E-state index >= 15 is 0 Å². The van der Waals surface area contributed by atoms with E-state index < -0.39 is 12.2 Å². The van der Waals surface area contributed by atoms with E-state index in [4.69, 9.17) is 0 Å². The van der Waals surface area contributed by atoms with Gasteiger partial charge in [0.2, 0.25) is 5.95 Å². The van der Waals surface area contributed by atoms with Crippen LogP contribution in [0.15, 0.2) is 35.7 Å². The van der Waals surface area contributed by atoms with Gasteiger partial charge in [0.25, 0.3) is 0 Å². The Morgan fingerprint density at radius 1 is 1.48 bits per heavy atom. The number of rotatable bonds is 3. The maximum absolute atomic E-state index is 11.2. The molecular weight excluding hydrogens is 290 g/mol. The van der Waals surface area contributed by atoms with Crippen LogP contribution in [-0.4, -0.2) is 28.3 Å². The first-order valence-corrected chi connectivity index (χ1v) is 7.11. The van der Waals surface area contributed by atoms with Gasteiger partial charge >= 0.3 is 6.09 Å². The molecule has 108 valence electrons. The first-order valence-electron chi connectivity index (χ1n) is 6.23. The number of carbonyl (C=O) groups excluding carboxylic acids is 1. The molecule has 1 unspecified atom stereocenters. The molecule has 6 nitrogen and oxygen atoms in total. The number of aromatic amines is 1. The van der Waals surface area contributed by atoms with Crippen molar-refractivity contribution in [2.24, 2.45) is 0 Å². The van der Waals surface area contributed by atoms with Crippen molar-refractivity contribution >= 4 is 34.4 Å². The van der Waals surface area contributed by atoms with Gasteiger partial charge in [0, 0.05) is 4.88 Å². The number of aliphatic hydroxyl groups excluding tert-OH is 1. The fraction of sp³-hybridized carbons (Fsp3) is 0.143. The number of nitrogens with one attached hydrogen (secondary N) is 2. The minimum Gasteiger partial charge on any atom is -0.453 e. The van der Waals surface area contributed by atoms with Gasteiger partial charge < -0.3 is 14.8 Å². The van der Waals surface area contributed by atoms with Gasteiger partial charge in [-0.1, -0.05) is 12.1 Å². The minimum atomic E-state index is -0.672. The Bertz CT molecular complexity index is 767. The molecule has 1 atom stereocenters. The minimum absolute atomic E-state index is 0.305. The number of methoxy groups -OCH3 is 1. The van der Waals surface area contributed by atoms with Gasteiger partial charge in [0.05, 0.1) is 18.1 Å². The van der Waals surface area contributed by atoms with Gasteiger partial charge in [-0.25, -0.2) is 9.78 Å². The lowest BCUT2D eigenvalue weighted by atomic mass is 10.1. The van der Waals surface area contributed by atoms with E-state index in [1.54, 1.807) is 6.07 Å². The topological polar surface area (TPSA) is 87.2 Å². The molecule has 3 rings (SSSR count). The summed E-state index contributed by atoms with van der Waals surface area (Å²) in [6.45, 7) is 0. The molecule has 1 amide bonds. The first kappa shape index (κ1) is 13.6. The Morgan fingerprint density at radius 2 is 2.33 bits per heavy atom. The van der Waals surface area contributed by atoms with Crippen LogP contribution in [0, 0.1) is 0 Å². The lowest BCUT2D eigenvalue weighted by molar-refractivity contribution is 0.186. The van der Waals surface area contributed by atoms with E-state index in [0.717, 1.165) is 16.0 Å². The Morgan fingerprint density at radius 3 is 3.05 bits per heavy atom. The van der Waals surface area contributed by atoms with Crippen LogP contribution in [0.2, 0.25) is 0 Å². The molecule has 2 heterocycles. The molecule has 7 heteroatoms. The van der Waals surface area contributed by atoms with E-state index in [0.29, 0.717) is 11.5 Å². The highest BCUT2D eigenvalue weighted by Gasteiger charge is 2.13. The van der Waals surface area contributed by atoms with Crippen LogP contribution in [-0.2, 0) is 4.74 Å². The Labute approximate surface area is 124 Å². The Balaban J connectivity index is 1.91. The Kier molecular flexibility index (Phi) is 3.59. The fourth-order valence-corrected chi connectivity index (χ4v) is 2.75. The van der Waals surface area contributed by atoms with Crippen LogP contribution in [0.1, 0.15) is 16.5 Å². The smallest absolute Gasteiger partial charge is 0.413 e. The van der Waals surface area contributed by atoms with E-state index in [1.165, 1.54) is 18.4 Å². The van der Waals surface area contributed by atoms with E-state index in [1.807, 2.05) is 29.6 Å². The first-order chi connectivity index (χ1) is 10.2. The fourth-order valence-electron chi connectivity index (χ4n) is 2.02. The second-order valence-electron chi connectivity index (χ2n) is 4.40. The number of imidazole rings is 1. The number of carbonyl (C=O) groups is 1. The highest BCUT2D eigenvalue weighted by molar-refractivity contribution is 7.10. The SMILES string of the molecule is COC(=O)Nc1nc2ccc(C(O)c3cccs3)cc2[nH]1. The van der Waals surface area contributed by atoms with Crippen LogP contribution in [0.5, 0.6) is 0 Å². The van der Waals surface area contributed by atoms with Crippen molar-refractivity contribution < 1.29 is 14.6 Å². The van der Waals surface area contributed by atoms with Gasteiger partial charge in [-0.3, -0.25) is 5.32 Å². The normalized spacial score (nSPS) is 12.3. The van der Waals surface area contributed by atoms with Crippen molar-refractivity contribution in [1.29, 1.82) is 0 Å². The predicted octanol–water partition coefficient (Wildman–Crippen LogP) is 2.88. The standard InChI is InChI=1S/C14H13N3O3S/c1-20-14(19)17-13-15-9-5-4-8(7-10(9)16-13)12(18)11-3-2-6-21-11/h2-7,12,18H,1H3,(H2,15,16,17,19). The van der Waals surface area contributed by atoms with Gasteiger partial charge in [0.1, 0.15) is 6.10 Å². The number of anilines is 1. The predicted molar refractivity (Wildman–Crippen MR) is 80.5 cm³/mol. The summed E-state index contributed by atoms with van der Waals surface area (Å²) in [5, 5.41) is 14.7. The number of hydrogen-bond donors (Lipinski definition) is 3. The summed E-state index contributed by atoms with van der Waals surface area (Å²) in [5.74, 6) is 0.305. The van der Waals surface area contributed by atoms with E-state index in [-0.39, 0.29) is 0 Å². The van der Waals surface area contributed by atoms with Gasteiger partial charge in [-0.05, 0) is 29.1 Å². The van der Waals surface area contributed by atoms with Crippen LogP contribution in [0.4, 0.5) is 10.7 Å². The number of benzene rings is 1. The lowest BCUT2D eigenvalue weighted by Gasteiger charge is -2.08. The third kappa shape index (κ3) is 2.74. The maximum atomic E-state index is 11.2. The van der Waals surface area contributed by atoms with Crippen molar-refractivity contribution in [3.05, 3.63) is 46.2 Å². The van der Waals surface area contributed by atoms with Crippen LogP contribution in [0.25, 0.3) is 11.0 Å². The number of thiophene rings is 1. The largest absolute Gasteiger partial charge is 0.453 e. The molecule has 0 saturated carbocycles. The molecule has 0 aliphatic heterocycles. The molecule has 0 fully saturated rings. The molecule has 0 radical (unpaired) electrons. The van der Waals surface area contributed by atoms with Crippen LogP contribution in [0.3, 0.4) is 0 Å². The average Bonchev–Trinajstić information content (AvgIpc) is 3.14. The van der Waals surface area contributed by atoms with Crippen molar-refractivity contribution in [3.63, 3.8) is 0 Å². The molecule has 2 aromatic heterocycles. The second-order valence-corrected chi connectivity index (χ2v) is 5.38. The number of aliphatic hydroxyl groups is 1. The summed E-state index contributed by atoms with van der Waals surface area (Å²) in [6.07, 6.45) is -1.26. The highest BCUT2D eigenvalue weighted by Crippen LogP contribution is 2.28. The molecule has 0 saturated heterocycles. The summed E-state index contributed by atoms with van der Waals surface area (Å²) in [7, 11) is 1.29. The number of H-pyrrole nitrogens is 1. The molecular formula is C14H13N3O3S. The number of hydrogen-bond acceptors (Lipinski definition) is 5. The third-order valence-corrected chi connectivity index (χ3v) is 3.96. The van der Waals surface area contributed by atoms with Crippen molar-refractivity contribution in [2.45, 2.75) is 6.10 Å². The monoisotopic (exact) mass is 303 g/mol. The second kappa shape index (κ2) is 5.55. The summed E-state index contributed by atoms with van der Waals surface area (Å²) in [5.41, 5.74) is 2.19. The van der Waals surface area contributed by atoms with Crippen LogP contribution >= 0.6 is 11.3 Å². The molecule has 0 spiro atoms. The maximum Gasteiger partial charge on any atom is 0.413 e. The molecule has 0 aliphatic carbocycles. The van der Waals surface area contributed by atoms with Gasteiger partial charge in [-0.2, -0.15) is 0 Å². The zero-order chi connectivity index (χ0) is 14.8. The lowest BCUT2D eigenvalue weighted by Crippen LogP contribution is -2.11. The number of aromatic nitrogens is 2. The zero-order valence-corrected chi connectivity index (χ0v) is 12.0. The molecule has 3 aromatic rings. The third-order valence-electron chi connectivity index (χ3n) is 3.04. The number of nitrogens with zero attached hydrogens (tertiary/aromatic N) is 1. The van der Waals surface area contributed by atoms with Crippen LogP contribution < -0.4 is 5.32 Å². The highest BCUT2D eigenvalue weighted by atomic mass is 32.1. The molecule has 21 heavy (non-hydrogen) atoms. The Hall–Kier alpha value is -2.38. The molecule has 3 N–H and O–H groups in total. The summed E-state index contributed by atoms with van der Waals surface area (Å²) < 4.78 is 4.51. The molecule has 0 aliphatic rings. The van der Waals surface area contributed by atoms with Crippen molar-refractivity contribution in [3.8, 4) is 0 Å². The summed E-state index contributed by atoms with van der Waals surface area (Å²) in [6, 6.07) is 9.21.